The third-order valence-electron chi connectivity index (χ3n) is 4.71. The van der Waals surface area contributed by atoms with E-state index in [1.807, 2.05) is 23.3 Å². The van der Waals surface area contributed by atoms with Crippen molar-refractivity contribution in [2.75, 3.05) is 6.61 Å². The van der Waals surface area contributed by atoms with Gasteiger partial charge in [0.2, 0.25) is 0 Å². The predicted octanol–water partition coefficient (Wildman–Crippen LogP) is 4.17. The van der Waals surface area contributed by atoms with Crippen molar-refractivity contribution in [2.45, 2.75) is 45.4 Å². The van der Waals surface area contributed by atoms with Gasteiger partial charge in [-0.1, -0.05) is 30.3 Å². The molecule has 0 N–H and O–H groups in total. The summed E-state index contributed by atoms with van der Waals surface area (Å²) in [7, 11) is 0. The van der Waals surface area contributed by atoms with Crippen molar-refractivity contribution in [1.82, 2.24) is 19.3 Å². The van der Waals surface area contributed by atoms with E-state index in [-0.39, 0.29) is 6.10 Å². The zero-order valence-corrected chi connectivity index (χ0v) is 14.8. The highest BCUT2D eigenvalue weighted by Crippen LogP contribution is 2.32. The van der Waals surface area contributed by atoms with Crippen LogP contribution < -0.4 is 0 Å². The summed E-state index contributed by atoms with van der Waals surface area (Å²) >= 11 is 0. The minimum Gasteiger partial charge on any atom is -0.376 e. The minimum atomic E-state index is 0.275. The lowest BCUT2D eigenvalue weighted by Crippen LogP contribution is -2.15. The largest absolute Gasteiger partial charge is 0.376 e. The molecule has 1 saturated heterocycles. The molecule has 1 aliphatic heterocycles. The highest BCUT2D eigenvalue weighted by atomic mass is 16.5. The third-order valence-corrected chi connectivity index (χ3v) is 4.71. The molecule has 1 aromatic carbocycles. The molecule has 4 rings (SSSR count). The van der Waals surface area contributed by atoms with Crippen molar-refractivity contribution < 1.29 is 4.74 Å². The normalized spacial score (nSPS) is 17.5. The third kappa shape index (κ3) is 3.24. The number of imidazole rings is 1. The van der Waals surface area contributed by atoms with E-state index in [0.29, 0.717) is 6.04 Å². The van der Waals surface area contributed by atoms with E-state index in [1.54, 1.807) is 0 Å². The first-order chi connectivity index (χ1) is 12.2. The highest BCUT2D eigenvalue weighted by Gasteiger charge is 2.21. The summed E-state index contributed by atoms with van der Waals surface area (Å²) in [6, 6.07) is 10.7. The van der Waals surface area contributed by atoms with Crippen molar-refractivity contribution >= 4 is 0 Å². The Labute approximate surface area is 148 Å². The Kier molecular flexibility index (Phi) is 4.40. The summed E-state index contributed by atoms with van der Waals surface area (Å²) in [4.78, 5) is 4.73. The zero-order chi connectivity index (χ0) is 17.2. The van der Waals surface area contributed by atoms with Crippen LogP contribution in [0.5, 0.6) is 0 Å². The summed E-state index contributed by atoms with van der Waals surface area (Å²) in [5.41, 5.74) is 4.35. The maximum Gasteiger partial charge on any atom is 0.0964 e. The van der Waals surface area contributed by atoms with Crippen LogP contribution in [0.2, 0.25) is 0 Å². The molecule has 0 aliphatic carbocycles. The molecule has 1 aliphatic rings. The molecule has 5 nitrogen and oxygen atoms in total. The topological polar surface area (TPSA) is 44.9 Å². The Morgan fingerprint density at radius 2 is 2.04 bits per heavy atom. The van der Waals surface area contributed by atoms with E-state index in [9.17, 15) is 0 Å². The highest BCUT2D eigenvalue weighted by molar-refractivity contribution is 5.78. The van der Waals surface area contributed by atoms with Crippen LogP contribution in [0.3, 0.4) is 0 Å². The Bertz CT molecular complexity index is 829. The molecule has 2 aromatic heterocycles. The standard InChI is InChI=1S/C20H24N4O/c1-15(2)24-12-17(11-22-24)20-19(16-7-4-3-5-8-16)21-14-23(20)13-18-9-6-10-25-18/h3-5,7-8,11-12,14-15,18H,6,9-10,13H2,1-2H3/t18-/m1/s1. The molecule has 1 fully saturated rings. The monoisotopic (exact) mass is 336 g/mol. The van der Waals surface area contributed by atoms with Crippen molar-refractivity contribution in [2.24, 2.45) is 0 Å². The summed E-state index contributed by atoms with van der Waals surface area (Å²) in [5, 5.41) is 4.52. The molecular formula is C20H24N4O. The SMILES string of the molecule is CC(C)n1cc(-c2c(-c3ccccc3)ncn2C[C@H]2CCCO2)cn1. The molecule has 0 amide bonds. The molecule has 1 atom stereocenters. The lowest BCUT2D eigenvalue weighted by molar-refractivity contribution is 0.0973. The summed E-state index contributed by atoms with van der Waals surface area (Å²) in [5.74, 6) is 0. The molecule has 3 aromatic rings. The number of nitrogens with zero attached hydrogens (tertiary/aromatic N) is 4. The first kappa shape index (κ1) is 16.1. The molecule has 0 spiro atoms. The van der Waals surface area contributed by atoms with Crippen molar-refractivity contribution in [3.63, 3.8) is 0 Å². The Balaban J connectivity index is 1.77. The average Bonchev–Trinajstić information content (AvgIpc) is 3.36. The summed E-state index contributed by atoms with van der Waals surface area (Å²) in [6.07, 6.45) is 8.52. The van der Waals surface area contributed by atoms with E-state index >= 15 is 0 Å². The number of rotatable bonds is 5. The van der Waals surface area contributed by atoms with Gasteiger partial charge in [-0.25, -0.2) is 4.98 Å². The Hall–Kier alpha value is -2.40. The van der Waals surface area contributed by atoms with Gasteiger partial charge < -0.3 is 9.30 Å². The van der Waals surface area contributed by atoms with Crippen molar-refractivity contribution in [3.05, 3.63) is 49.1 Å². The number of aromatic nitrogens is 4. The van der Waals surface area contributed by atoms with E-state index < -0.39 is 0 Å². The molecule has 0 saturated carbocycles. The second kappa shape index (κ2) is 6.84. The second-order valence-corrected chi connectivity index (χ2v) is 6.90. The van der Waals surface area contributed by atoms with Gasteiger partial charge in [0.25, 0.3) is 0 Å². The van der Waals surface area contributed by atoms with Gasteiger partial charge in [0.15, 0.2) is 0 Å². The molecule has 0 radical (unpaired) electrons. The molecule has 3 heterocycles. The van der Waals surface area contributed by atoms with Crippen LogP contribution in [-0.4, -0.2) is 32.0 Å². The van der Waals surface area contributed by atoms with Crippen molar-refractivity contribution in [3.8, 4) is 22.5 Å². The van der Waals surface area contributed by atoms with Crippen LogP contribution in [0.25, 0.3) is 22.5 Å². The van der Waals surface area contributed by atoms with Gasteiger partial charge in [0.05, 0.1) is 36.6 Å². The molecular weight excluding hydrogens is 312 g/mol. The fourth-order valence-electron chi connectivity index (χ4n) is 3.38. The number of benzene rings is 1. The number of ether oxygens (including phenoxy) is 1. The maximum absolute atomic E-state index is 5.84. The van der Waals surface area contributed by atoms with Gasteiger partial charge in [0.1, 0.15) is 0 Å². The number of hydrogen-bond acceptors (Lipinski definition) is 3. The van der Waals surface area contributed by atoms with Crippen LogP contribution in [0, 0.1) is 0 Å². The van der Waals surface area contributed by atoms with E-state index in [4.69, 9.17) is 9.72 Å². The minimum absolute atomic E-state index is 0.275. The molecule has 0 unspecified atom stereocenters. The fourth-order valence-corrected chi connectivity index (χ4v) is 3.38. The van der Waals surface area contributed by atoms with Crippen LogP contribution in [-0.2, 0) is 11.3 Å². The Morgan fingerprint density at radius 3 is 2.72 bits per heavy atom. The Morgan fingerprint density at radius 1 is 1.20 bits per heavy atom. The number of hydrogen-bond donors (Lipinski definition) is 0. The average molecular weight is 336 g/mol. The molecule has 130 valence electrons. The first-order valence-electron chi connectivity index (χ1n) is 8.99. The van der Waals surface area contributed by atoms with Crippen LogP contribution in [0.4, 0.5) is 0 Å². The van der Waals surface area contributed by atoms with E-state index in [1.165, 1.54) is 0 Å². The zero-order valence-electron chi connectivity index (χ0n) is 14.8. The molecule has 5 heteroatoms. The van der Waals surface area contributed by atoms with Gasteiger partial charge >= 0.3 is 0 Å². The van der Waals surface area contributed by atoms with E-state index in [2.05, 4.69) is 54.0 Å². The van der Waals surface area contributed by atoms with Gasteiger partial charge in [-0.05, 0) is 26.7 Å². The van der Waals surface area contributed by atoms with Crippen LogP contribution in [0.15, 0.2) is 49.1 Å². The first-order valence-corrected chi connectivity index (χ1v) is 8.99. The van der Waals surface area contributed by atoms with Crippen molar-refractivity contribution in [1.29, 1.82) is 0 Å². The van der Waals surface area contributed by atoms with Gasteiger partial charge in [0, 0.05) is 30.0 Å². The van der Waals surface area contributed by atoms with Gasteiger partial charge in [-0.2, -0.15) is 5.10 Å². The lowest BCUT2D eigenvalue weighted by atomic mass is 10.1. The van der Waals surface area contributed by atoms with Crippen LogP contribution in [0.1, 0.15) is 32.7 Å². The van der Waals surface area contributed by atoms with E-state index in [0.717, 1.165) is 48.5 Å². The second-order valence-electron chi connectivity index (χ2n) is 6.90. The molecule has 0 bridgehead atoms. The fraction of sp³-hybridized carbons (Fsp3) is 0.400. The van der Waals surface area contributed by atoms with Gasteiger partial charge in [-0.3, -0.25) is 4.68 Å². The molecule has 25 heavy (non-hydrogen) atoms. The quantitative estimate of drug-likeness (QED) is 0.702. The van der Waals surface area contributed by atoms with Gasteiger partial charge in [-0.15, -0.1) is 0 Å². The smallest absolute Gasteiger partial charge is 0.0964 e. The maximum atomic E-state index is 5.84. The van der Waals surface area contributed by atoms with Crippen LogP contribution >= 0.6 is 0 Å². The summed E-state index contributed by atoms with van der Waals surface area (Å²) < 4.78 is 10.1. The summed E-state index contributed by atoms with van der Waals surface area (Å²) in [6.45, 7) is 5.98. The lowest BCUT2D eigenvalue weighted by Gasteiger charge is -2.13. The predicted molar refractivity (Wildman–Crippen MR) is 98.2 cm³/mol.